The lowest BCUT2D eigenvalue weighted by molar-refractivity contribution is -0.382. The number of hydrogen-bond donors (Lipinski definition) is 2. The Kier molecular flexibility index (Phi) is 6.05. The van der Waals surface area contributed by atoms with E-state index in [4.69, 9.17) is 9.74 Å². The second kappa shape index (κ2) is 8.66. The predicted octanol–water partition coefficient (Wildman–Crippen LogP) is 3.51. The van der Waals surface area contributed by atoms with Gasteiger partial charge in [-0.1, -0.05) is 30.3 Å². The number of aliphatic hydroxyl groups is 1. The zero-order valence-corrected chi connectivity index (χ0v) is 15.8. The van der Waals surface area contributed by atoms with E-state index in [9.17, 15) is 10.1 Å². The topological polar surface area (TPSA) is 118 Å². The molecule has 0 amide bonds. The van der Waals surface area contributed by atoms with Gasteiger partial charge in [-0.2, -0.15) is 0 Å². The number of nitro groups is 1. The molecule has 1 unspecified atom stereocenters. The highest BCUT2D eigenvalue weighted by atomic mass is 16.6. The Bertz CT molecular complexity index is 944. The molecule has 1 atom stereocenters. The highest BCUT2D eigenvalue weighted by Crippen LogP contribution is 2.40. The largest absolute Gasteiger partial charge is 0.396 e. The first kappa shape index (κ1) is 19.6. The molecule has 2 aromatic carbocycles. The molecule has 0 fully saturated rings. The number of rotatable bonds is 9. The van der Waals surface area contributed by atoms with Crippen molar-refractivity contribution in [2.75, 3.05) is 29.9 Å². The van der Waals surface area contributed by atoms with Crippen molar-refractivity contribution in [2.24, 2.45) is 0 Å². The summed E-state index contributed by atoms with van der Waals surface area (Å²) in [5.41, 5.74) is 2.42. The number of anilines is 2. The molecule has 0 saturated carbocycles. The summed E-state index contributed by atoms with van der Waals surface area (Å²) in [6, 6.07) is 11.7. The standard InChI is InChI=1S/C19H23N5O4/c1-3-23(13(2)14-8-5-4-6-9-14)16-12-15(20-10-7-11-25)19(24(26)27)18-17(16)21-28-22-18/h4-6,8-9,12-13,20,25H,3,7,10-11H2,1-2H3. The number of nitrogens with one attached hydrogen (secondary N) is 1. The van der Waals surface area contributed by atoms with Gasteiger partial charge in [0.2, 0.25) is 5.52 Å². The normalized spacial score (nSPS) is 12.1. The fourth-order valence-electron chi connectivity index (χ4n) is 3.32. The molecule has 0 spiro atoms. The third-order valence-electron chi connectivity index (χ3n) is 4.72. The zero-order valence-electron chi connectivity index (χ0n) is 15.8. The number of nitrogens with zero attached hydrogens (tertiary/aromatic N) is 4. The first-order chi connectivity index (χ1) is 13.6. The Morgan fingerprint density at radius 3 is 2.64 bits per heavy atom. The van der Waals surface area contributed by atoms with Crippen molar-refractivity contribution in [3.63, 3.8) is 0 Å². The lowest BCUT2D eigenvalue weighted by Gasteiger charge is -2.31. The molecule has 3 aromatic rings. The van der Waals surface area contributed by atoms with Gasteiger partial charge < -0.3 is 15.3 Å². The van der Waals surface area contributed by atoms with E-state index in [1.54, 1.807) is 6.07 Å². The number of hydrogen-bond acceptors (Lipinski definition) is 8. The fraction of sp³-hybridized carbons (Fsp3) is 0.368. The van der Waals surface area contributed by atoms with Crippen molar-refractivity contribution in [3.05, 3.63) is 52.1 Å². The van der Waals surface area contributed by atoms with Crippen LogP contribution in [0, 0.1) is 10.1 Å². The molecule has 28 heavy (non-hydrogen) atoms. The van der Waals surface area contributed by atoms with E-state index in [1.165, 1.54) is 0 Å². The van der Waals surface area contributed by atoms with Crippen LogP contribution in [0.5, 0.6) is 0 Å². The summed E-state index contributed by atoms with van der Waals surface area (Å²) in [6.45, 7) is 5.13. The van der Waals surface area contributed by atoms with E-state index >= 15 is 0 Å². The van der Waals surface area contributed by atoms with Gasteiger partial charge in [0.25, 0.3) is 0 Å². The first-order valence-electron chi connectivity index (χ1n) is 9.18. The van der Waals surface area contributed by atoms with E-state index in [1.807, 2.05) is 37.3 Å². The molecule has 3 rings (SSSR count). The summed E-state index contributed by atoms with van der Waals surface area (Å²) >= 11 is 0. The van der Waals surface area contributed by atoms with Gasteiger partial charge in [-0.3, -0.25) is 10.1 Å². The van der Waals surface area contributed by atoms with Crippen molar-refractivity contribution >= 4 is 28.1 Å². The number of aliphatic hydroxyl groups excluding tert-OH is 1. The lowest BCUT2D eigenvalue weighted by Crippen LogP contribution is -2.27. The predicted molar refractivity (Wildman–Crippen MR) is 107 cm³/mol. The average molecular weight is 385 g/mol. The Labute approximate surface area is 162 Å². The van der Waals surface area contributed by atoms with Crippen LogP contribution in [0.15, 0.2) is 41.0 Å². The summed E-state index contributed by atoms with van der Waals surface area (Å²) < 4.78 is 4.86. The van der Waals surface area contributed by atoms with E-state index in [2.05, 4.69) is 27.5 Å². The molecule has 1 aromatic heterocycles. The Morgan fingerprint density at radius 2 is 2.00 bits per heavy atom. The Hall–Kier alpha value is -3.20. The summed E-state index contributed by atoms with van der Waals surface area (Å²) in [7, 11) is 0. The van der Waals surface area contributed by atoms with Crippen molar-refractivity contribution in [1.29, 1.82) is 0 Å². The minimum Gasteiger partial charge on any atom is -0.396 e. The van der Waals surface area contributed by atoms with Gasteiger partial charge in [0.1, 0.15) is 5.69 Å². The van der Waals surface area contributed by atoms with E-state index in [0.717, 1.165) is 5.56 Å². The molecule has 0 bridgehead atoms. The van der Waals surface area contributed by atoms with Gasteiger partial charge >= 0.3 is 5.69 Å². The monoisotopic (exact) mass is 385 g/mol. The number of aromatic nitrogens is 2. The maximum atomic E-state index is 11.7. The van der Waals surface area contributed by atoms with E-state index in [0.29, 0.717) is 36.4 Å². The molecule has 0 saturated heterocycles. The maximum absolute atomic E-state index is 11.7. The average Bonchev–Trinajstić information content (AvgIpc) is 3.18. The number of fused-ring (bicyclic) bond motifs is 1. The van der Waals surface area contributed by atoms with Gasteiger partial charge in [0.05, 0.1) is 16.7 Å². The van der Waals surface area contributed by atoms with E-state index < -0.39 is 4.92 Å². The van der Waals surface area contributed by atoms with E-state index in [-0.39, 0.29) is 23.9 Å². The molecule has 9 heteroatoms. The molecule has 0 radical (unpaired) electrons. The molecule has 9 nitrogen and oxygen atoms in total. The molecule has 148 valence electrons. The van der Waals surface area contributed by atoms with Crippen LogP contribution < -0.4 is 10.2 Å². The van der Waals surface area contributed by atoms with Crippen molar-refractivity contribution in [3.8, 4) is 0 Å². The Balaban J connectivity index is 2.12. The Morgan fingerprint density at radius 1 is 1.29 bits per heavy atom. The third kappa shape index (κ3) is 3.74. The molecule has 0 aliphatic carbocycles. The minimum absolute atomic E-state index is 0.00641. The molecule has 0 aliphatic rings. The van der Waals surface area contributed by atoms with Crippen molar-refractivity contribution in [2.45, 2.75) is 26.3 Å². The number of nitro benzene ring substituents is 1. The zero-order chi connectivity index (χ0) is 20.1. The second-order valence-electron chi connectivity index (χ2n) is 6.39. The van der Waals surface area contributed by atoms with Gasteiger partial charge in [-0.15, -0.1) is 0 Å². The second-order valence-corrected chi connectivity index (χ2v) is 6.39. The minimum atomic E-state index is -0.492. The molecule has 0 aliphatic heterocycles. The molecular formula is C19H23N5O4. The summed E-state index contributed by atoms with van der Waals surface area (Å²) in [5.74, 6) is 0. The van der Waals surface area contributed by atoms with Crippen LogP contribution in [0.3, 0.4) is 0 Å². The summed E-state index contributed by atoms with van der Waals surface area (Å²) in [5, 5.41) is 31.5. The van der Waals surface area contributed by atoms with Crippen molar-refractivity contribution in [1.82, 2.24) is 10.3 Å². The van der Waals surface area contributed by atoms with Crippen LogP contribution in [0.1, 0.15) is 31.9 Å². The van der Waals surface area contributed by atoms with Gasteiger partial charge in [0.15, 0.2) is 5.52 Å². The highest BCUT2D eigenvalue weighted by Gasteiger charge is 2.29. The lowest BCUT2D eigenvalue weighted by atomic mass is 10.0. The quantitative estimate of drug-likeness (QED) is 0.326. The summed E-state index contributed by atoms with van der Waals surface area (Å²) in [4.78, 5) is 13.3. The van der Waals surface area contributed by atoms with Gasteiger partial charge in [0, 0.05) is 19.7 Å². The molecule has 2 N–H and O–H groups in total. The molecular weight excluding hydrogens is 362 g/mol. The van der Waals surface area contributed by atoms with Crippen LogP contribution in [0.2, 0.25) is 0 Å². The van der Waals surface area contributed by atoms with Crippen LogP contribution in [0.4, 0.5) is 17.1 Å². The van der Waals surface area contributed by atoms with Crippen molar-refractivity contribution < 1.29 is 14.7 Å². The van der Waals surface area contributed by atoms with Crippen LogP contribution in [0.25, 0.3) is 11.0 Å². The van der Waals surface area contributed by atoms with Gasteiger partial charge in [-0.25, -0.2) is 4.63 Å². The highest BCUT2D eigenvalue weighted by molar-refractivity contribution is 5.99. The fourth-order valence-corrected chi connectivity index (χ4v) is 3.32. The summed E-state index contributed by atoms with van der Waals surface area (Å²) in [6.07, 6.45) is 0.472. The first-order valence-corrected chi connectivity index (χ1v) is 9.18. The third-order valence-corrected chi connectivity index (χ3v) is 4.72. The van der Waals surface area contributed by atoms with Crippen LogP contribution in [-0.4, -0.2) is 40.0 Å². The molecule has 1 heterocycles. The SMILES string of the molecule is CCN(c1cc(NCCCO)c([N+](=O)[O-])c2nonc12)C(C)c1ccccc1. The number of benzene rings is 2. The van der Waals surface area contributed by atoms with Crippen LogP contribution in [-0.2, 0) is 0 Å². The smallest absolute Gasteiger partial charge is 0.323 e. The van der Waals surface area contributed by atoms with Crippen LogP contribution >= 0.6 is 0 Å². The maximum Gasteiger partial charge on any atom is 0.323 e. The van der Waals surface area contributed by atoms with Gasteiger partial charge in [-0.05, 0) is 42.2 Å².